The lowest BCUT2D eigenvalue weighted by molar-refractivity contribution is 0.0185. The molecule has 9 nitrogen and oxygen atoms in total. The van der Waals surface area contributed by atoms with Crippen LogP contribution in [0.1, 0.15) is 65.7 Å². The highest BCUT2D eigenvalue weighted by molar-refractivity contribution is 7.90. The van der Waals surface area contributed by atoms with Crippen LogP contribution >= 0.6 is 0 Å². The van der Waals surface area contributed by atoms with Gasteiger partial charge in [0.05, 0.1) is 9.79 Å². The van der Waals surface area contributed by atoms with Gasteiger partial charge in [0.15, 0.2) is 0 Å². The fourth-order valence-electron chi connectivity index (χ4n) is 4.57. The van der Waals surface area contributed by atoms with Gasteiger partial charge >= 0.3 is 6.09 Å². The monoisotopic (exact) mass is 529 g/mol. The summed E-state index contributed by atoms with van der Waals surface area (Å²) < 4.78 is 61.6. The number of hydrogen-bond donors (Lipinski definition) is 1. The van der Waals surface area contributed by atoms with Crippen LogP contribution in [0.4, 0.5) is 4.79 Å². The third kappa shape index (κ3) is 7.41. The van der Waals surface area contributed by atoms with E-state index in [9.17, 15) is 21.6 Å². The van der Waals surface area contributed by atoms with Crippen LogP contribution in [0.25, 0.3) is 0 Å². The Kier molecular flexibility index (Phi) is 8.88. The van der Waals surface area contributed by atoms with Crippen LogP contribution in [-0.4, -0.2) is 70.5 Å². The summed E-state index contributed by atoms with van der Waals surface area (Å²) in [6, 6.07) is 5.50. The highest BCUT2D eigenvalue weighted by Crippen LogP contribution is 2.27. The number of nitrogens with zero attached hydrogens (tertiary/aromatic N) is 2. The minimum absolute atomic E-state index is 0.0147. The van der Waals surface area contributed by atoms with Crippen LogP contribution < -0.4 is 4.72 Å². The topological polar surface area (TPSA) is 113 Å². The first-order valence-electron chi connectivity index (χ1n) is 12.4. The summed E-state index contributed by atoms with van der Waals surface area (Å²) in [7, 11) is -6.10. The third-order valence-corrected chi connectivity index (χ3v) is 10.0. The molecule has 1 aliphatic carbocycles. The van der Waals surface area contributed by atoms with E-state index in [-0.39, 0.29) is 34.4 Å². The number of nitrogens with one attached hydrogen (secondary N) is 1. The fraction of sp³-hybridized carbons (Fsp3) is 0.708. The Labute approximate surface area is 210 Å². The molecule has 0 unspecified atom stereocenters. The van der Waals surface area contributed by atoms with Crippen molar-refractivity contribution in [2.24, 2.45) is 5.92 Å². The molecule has 0 atom stereocenters. The average molecular weight is 530 g/mol. The Morgan fingerprint density at radius 1 is 1.03 bits per heavy atom. The van der Waals surface area contributed by atoms with E-state index in [1.54, 1.807) is 11.9 Å². The first-order chi connectivity index (χ1) is 16.3. The summed E-state index contributed by atoms with van der Waals surface area (Å²) in [6.45, 7) is 6.69. The lowest BCUT2D eigenvalue weighted by atomic mass is 9.96. The Hall–Kier alpha value is -1.69. The van der Waals surface area contributed by atoms with E-state index in [0.29, 0.717) is 25.9 Å². The van der Waals surface area contributed by atoms with Crippen LogP contribution in [-0.2, 0) is 24.8 Å². The van der Waals surface area contributed by atoms with E-state index >= 15 is 0 Å². The zero-order chi connectivity index (χ0) is 25.9. The largest absolute Gasteiger partial charge is 0.444 e. The Morgan fingerprint density at radius 2 is 1.63 bits per heavy atom. The average Bonchev–Trinajstić information content (AvgIpc) is 2.82. The summed E-state index contributed by atoms with van der Waals surface area (Å²) in [5.41, 5.74) is -0.559. The molecule has 0 aromatic heterocycles. The molecule has 1 amide bonds. The Balaban J connectivity index is 1.60. The van der Waals surface area contributed by atoms with Crippen molar-refractivity contribution in [2.45, 2.75) is 87.2 Å². The SMILES string of the molecule is CN(C1CCCCC1)S(=O)(=O)c1cccc(S(=O)(=O)NCC2CCN(C(=O)OC(C)(C)C)CC2)c1. The number of likely N-dealkylation sites (tertiary alicyclic amines) is 1. The fourth-order valence-corrected chi connectivity index (χ4v) is 7.26. The molecule has 1 heterocycles. The van der Waals surface area contributed by atoms with Crippen molar-refractivity contribution in [3.05, 3.63) is 24.3 Å². The van der Waals surface area contributed by atoms with Crippen molar-refractivity contribution >= 4 is 26.1 Å². The smallest absolute Gasteiger partial charge is 0.410 e. The molecule has 1 aliphatic heterocycles. The van der Waals surface area contributed by atoms with Crippen LogP contribution in [0.3, 0.4) is 0 Å². The number of amides is 1. The molecular weight excluding hydrogens is 490 g/mol. The normalized spacial score (nSPS) is 19.2. The van der Waals surface area contributed by atoms with Crippen LogP contribution in [0.2, 0.25) is 0 Å². The molecule has 11 heteroatoms. The first-order valence-corrected chi connectivity index (χ1v) is 15.3. The van der Waals surface area contributed by atoms with Crippen LogP contribution in [0.5, 0.6) is 0 Å². The van der Waals surface area contributed by atoms with Gasteiger partial charge in [0, 0.05) is 32.7 Å². The van der Waals surface area contributed by atoms with E-state index in [1.807, 2.05) is 20.8 Å². The van der Waals surface area contributed by atoms with Crippen molar-refractivity contribution in [1.82, 2.24) is 13.9 Å². The second-order valence-electron chi connectivity index (χ2n) is 10.6. The van der Waals surface area contributed by atoms with Crippen molar-refractivity contribution in [1.29, 1.82) is 0 Å². The molecule has 2 fully saturated rings. The first kappa shape index (κ1) is 27.9. The van der Waals surface area contributed by atoms with Crippen LogP contribution in [0, 0.1) is 5.92 Å². The molecule has 1 N–H and O–H groups in total. The lowest BCUT2D eigenvalue weighted by Crippen LogP contribution is -2.43. The van der Waals surface area contributed by atoms with Crippen molar-refractivity contribution in [3.63, 3.8) is 0 Å². The van der Waals surface area contributed by atoms with Gasteiger partial charge in [-0.3, -0.25) is 0 Å². The zero-order valence-corrected chi connectivity index (χ0v) is 22.8. The minimum Gasteiger partial charge on any atom is -0.444 e. The van der Waals surface area contributed by atoms with E-state index in [1.165, 1.54) is 28.6 Å². The number of carbonyl (C=O) groups is 1. The number of rotatable bonds is 7. The van der Waals surface area contributed by atoms with Gasteiger partial charge in [0.2, 0.25) is 20.0 Å². The Bertz CT molecular complexity index is 1080. The second kappa shape index (κ2) is 11.1. The number of carbonyl (C=O) groups excluding carboxylic acids is 1. The predicted molar refractivity (Wildman–Crippen MR) is 134 cm³/mol. The summed E-state index contributed by atoms with van der Waals surface area (Å²) in [4.78, 5) is 13.8. The van der Waals surface area contributed by atoms with Gasteiger partial charge in [-0.05, 0) is 70.6 Å². The third-order valence-electron chi connectivity index (χ3n) is 6.71. The molecule has 1 saturated carbocycles. The number of ether oxygens (including phenoxy) is 1. The van der Waals surface area contributed by atoms with E-state index in [2.05, 4.69) is 4.72 Å². The molecule has 2 aliphatic rings. The lowest BCUT2D eigenvalue weighted by Gasteiger charge is -2.33. The predicted octanol–water partition coefficient (Wildman–Crippen LogP) is 3.57. The van der Waals surface area contributed by atoms with Crippen molar-refractivity contribution in [2.75, 3.05) is 26.7 Å². The van der Waals surface area contributed by atoms with Gasteiger partial charge < -0.3 is 9.64 Å². The molecule has 3 rings (SSSR count). The number of benzene rings is 1. The van der Waals surface area contributed by atoms with E-state index in [0.717, 1.165) is 32.1 Å². The highest BCUT2D eigenvalue weighted by atomic mass is 32.2. The molecule has 0 radical (unpaired) electrons. The highest BCUT2D eigenvalue weighted by Gasteiger charge is 2.31. The molecular formula is C24H39N3O6S2. The van der Waals surface area contributed by atoms with Gasteiger partial charge in [-0.25, -0.2) is 26.4 Å². The number of sulfonamides is 2. The Morgan fingerprint density at radius 3 is 2.23 bits per heavy atom. The van der Waals surface area contributed by atoms with Gasteiger partial charge in [-0.2, -0.15) is 4.31 Å². The summed E-state index contributed by atoms with van der Waals surface area (Å²) in [5.74, 6) is 0.0767. The molecule has 198 valence electrons. The minimum atomic E-state index is -3.89. The zero-order valence-electron chi connectivity index (χ0n) is 21.2. The summed E-state index contributed by atoms with van der Waals surface area (Å²) in [6.07, 6.45) is 5.71. The van der Waals surface area contributed by atoms with Gasteiger partial charge in [0.25, 0.3) is 0 Å². The number of hydrogen-bond acceptors (Lipinski definition) is 6. The van der Waals surface area contributed by atoms with E-state index in [4.69, 9.17) is 4.74 Å². The standard InChI is InChI=1S/C24H39N3O6S2/c1-24(2,3)33-23(28)27-15-13-19(14-16-27)18-25-34(29,30)21-11-8-12-22(17-21)35(31,32)26(4)20-9-6-5-7-10-20/h8,11-12,17,19-20,25H,5-7,9-10,13-16,18H2,1-4H3. The molecule has 0 bridgehead atoms. The van der Waals surface area contributed by atoms with Gasteiger partial charge in [-0.1, -0.05) is 25.3 Å². The molecule has 0 spiro atoms. The quantitative estimate of drug-likeness (QED) is 0.578. The maximum Gasteiger partial charge on any atom is 0.410 e. The number of piperidine rings is 1. The van der Waals surface area contributed by atoms with Crippen molar-refractivity contribution < 1.29 is 26.4 Å². The molecule has 1 aromatic carbocycles. The van der Waals surface area contributed by atoms with Gasteiger partial charge in [-0.15, -0.1) is 0 Å². The molecule has 35 heavy (non-hydrogen) atoms. The summed E-state index contributed by atoms with van der Waals surface area (Å²) in [5, 5.41) is 0. The molecule has 1 aromatic rings. The second-order valence-corrected chi connectivity index (χ2v) is 14.3. The van der Waals surface area contributed by atoms with E-state index < -0.39 is 25.6 Å². The van der Waals surface area contributed by atoms with Crippen LogP contribution in [0.15, 0.2) is 34.1 Å². The summed E-state index contributed by atoms with van der Waals surface area (Å²) >= 11 is 0. The maximum absolute atomic E-state index is 13.2. The molecule has 1 saturated heterocycles. The van der Waals surface area contributed by atoms with Crippen molar-refractivity contribution in [3.8, 4) is 0 Å². The van der Waals surface area contributed by atoms with Gasteiger partial charge in [0.1, 0.15) is 5.60 Å². The maximum atomic E-state index is 13.2.